The Kier molecular flexibility index (Phi) is 3.72. The van der Waals surface area contributed by atoms with Crippen LogP contribution in [0, 0.1) is 11.5 Å². The van der Waals surface area contributed by atoms with Crippen LogP contribution >= 0.6 is 0 Å². The van der Waals surface area contributed by atoms with E-state index in [4.69, 9.17) is 5.26 Å². The Balaban J connectivity index is 1.60. The van der Waals surface area contributed by atoms with E-state index >= 15 is 0 Å². The van der Waals surface area contributed by atoms with Gasteiger partial charge >= 0.3 is 0 Å². The highest BCUT2D eigenvalue weighted by atomic mass is 15.2. The summed E-state index contributed by atoms with van der Waals surface area (Å²) in [6.07, 6.45) is 6.91. The van der Waals surface area contributed by atoms with Crippen LogP contribution in [0.25, 0.3) is 22.4 Å². The molecular formula is C19H17N5. The molecule has 0 radical (unpaired) electrons. The van der Waals surface area contributed by atoms with Gasteiger partial charge in [-0.1, -0.05) is 30.3 Å². The van der Waals surface area contributed by atoms with E-state index in [0.717, 1.165) is 47.6 Å². The first-order valence-electron chi connectivity index (χ1n) is 8.04. The Morgan fingerprint density at radius 1 is 1.08 bits per heavy atom. The maximum atomic E-state index is 8.99. The fourth-order valence-electron chi connectivity index (χ4n) is 3.16. The van der Waals surface area contributed by atoms with Crippen LogP contribution in [0.3, 0.4) is 0 Å². The number of benzene rings is 1. The first-order valence-corrected chi connectivity index (χ1v) is 8.04. The van der Waals surface area contributed by atoms with E-state index in [9.17, 15) is 0 Å². The first-order chi connectivity index (χ1) is 11.8. The van der Waals surface area contributed by atoms with Crippen molar-refractivity contribution in [1.82, 2.24) is 20.1 Å². The van der Waals surface area contributed by atoms with Crippen molar-refractivity contribution in [3.8, 4) is 28.6 Å². The number of nitrogens with zero attached hydrogens (tertiary/aromatic N) is 4. The van der Waals surface area contributed by atoms with Gasteiger partial charge in [-0.25, -0.2) is 0 Å². The molecule has 1 unspecified atom stereocenters. The molecule has 3 aromatic rings. The topological polar surface area (TPSA) is 68.6 Å². The lowest BCUT2D eigenvalue weighted by Crippen LogP contribution is -2.12. The minimum atomic E-state index is 0.319. The zero-order chi connectivity index (χ0) is 16.4. The highest BCUT2D eigenvalue weighted by Crippen LogP contribution is 2.29. The van der Waals surface area contributed by atoms with Crippen LogP contribution in [0.5, 0.6) is 0 Å². The van der Waals surface area contributed by atoms with Crippen molar-refractivity contribution >= 4 is 0 Å². The molecule has 1 atom stereocenters. The number of nitriles is 1. The third-order valence-corrected chi connectivity index (χ3v) is 4.50. The van der Waals surface area contributed by atoms with Crippen LogP contribution in [0.1, 0.15) is 18.0 Å². The molecule has 1 N–H and O–H groups in total. The lowest BCUT2D eigenvalue weighted by molar-refractivity contribution is 0.478. The predicted octanol–water partition coefficient (Wildman–Crippen LogP) is 3.41. The number of pyridine rings is 1. The summed E-state index contributed by atoms with van der Waals surface area (Å²) >= 11 is 0. The smallest absolute Gasteiger partial charge is 0.179 e. The Bertz CT molecular complexity index is 878. The van der Waals surface area contributed by atoms with Crippen molar-refractivity contribution in [3.05, 3.63) is 60.6 Å². The molecule has 2 aromatic heterocycles. The summed E-state index contributed by atoms with van der Waals surface area (Å²) in [6.45, 7) is 1.57. The summed E-state index contributed by atoms with van der Waals surface area (Å²) in [5, 5.41) is 16.6. The average molecular weight is 315 g/mol. The molecule has 5 nitrogen and oxygen atoms in total. The van der Waals surface area contributed by atoms with Gasteiger partial charge in [-0.3, -0.25) is 10.1 Å². The van der Waals surface area contributed by atoms with Crippen molar-refractivity contribution in [2.75, 3.05) is 13.1 Å². The second-order valence-electron chi connectivity index (χ2n) is 6.07. The second-order valence-corrected chi connectivity index (χ2v) is 6.07. The molecule has 1 aliphatic heterocycles. The monoisotopic (exact) mass is 315 g/mol. The highest BCUT2D eigenvalue weighted by molar-refractivity contribution is 5.70. The Labute approximate surface area is 140 Å². The Morgan fingerprint density at radius 2 is 1.92 bits per heavy atom. The largest absolute Gasteiger partial charge is 0.310 e. The third-order valence-electron chi connectivity index (χ3n) is 4.50. The lowest BCUT2D eigenvalue weighted by Gasteiger charge is -2.05. The van der Waals surface area contributed by atoms with Crippen LogP contribution in [-0.2, 0) is 0 Å². The first kappa shape index (κ1) is 14.5. The van der Waals surface area contributed by atoms with Crippen LogP contribution in [0.15, 0.2) is 54.9 Å². The molecule has 1 aliphatic rings. The van der Waals surface area contributed by atoms with E-state index in [0.29, 0.717) is 5.92 Å². The number of H-pyrrole nitrogens is 1. The molecule has 4 rings (SSSR count). The van der Waals surface area contributed by atoms with Gasteiger partial charge in [0, 0.05) is 42.5 Å². The maximum Gasteiger partial charge on any atom is 0.179 e. The van der Waals surface area contributed by atoms with Gasteiger partial charge in [-0.2, -0.15) is 10.4 Å². The summed E-state index contributed by atoms with van der Waals surface area (Å²) < 4.78 is 0. The number of aromatic nitrogens is 3. The van der Waals surface area contributed by atoms with Crippen molar-refractivity contribution < 1.29 is 0 Å². The van der Waals surface area contributed by atoms with Gasteiger partial charge in [0.05, 0.1) is 11.4 Å². The van der Waals surface area contributed by atoms with Crippen molar-refractivity contribution in [3.63, 3.8) is 0 Å². The second kappa shape index (κ2) is 6.17. The van der Waals surface area contributed by atoms with Crippen LogP contribution in [0.2, 0.25) is 0 Å². The van der Waals surface area contributed by atoms with Gasteiger partial charge in [0.15, 0.2) is 6.19 Å². The molecule has 0 aliphatic carbocycles. The normalized spacial score (nSPS) is 17.0. The number of hydrogen-bond donors (Lipinski definition) is 1. The van der Waals surface area contributed by atoms with E-state index in [1.807, 2.05) is 30.6 Å². The van der Waals surface area contributed by atoms with Gasteiger partial charge in [0.25, 0.3) is 0 Å². The van der Waals surface area contributed by atoms with E-state index in [1.54, 1.807) is 4.90 Å². The molecule has 3 heterocycles. The van der Waals surface area contributed by atoms with Gasteiger partial charge in [-0.05, 0) is 24.1 Å². The van der Waals surface area contributed by atoms with Crippen molar-refractivity contribution in [1.29, 1.82) is 5.26 Å². The fourth-order valence-corrected chi connectivity index (χ4v) is 3.16. The standard InChI is InChI=1S/C19H17N5/c20-13-24-7-6-15(12-24)18-9-19(23-22-18)17-8-16(10-21-11-17)14-4-2-1-3-5-14/h1-5,8-11,15H,6-7,12H2,(H,22,23). The molecule has 1 saturated heterocycles. The molecule has 1 fully saturated rings. The van der Waals surface area contributed by atoms with E-state index < -0.39 is 0 Å². The minimum Gasteiger partial charge on any atom is -0.310 e. The molecule has 0 amide bonds. The Hall–Kier alpha value is -3.13. The molecule has 0 bridgehead atoms. The number of hydrogen-bond acceptors (Lipinski definition) is 4. The van der Waals surface area contributed by atoms with Gasteiger partial charge in [0.1, 0.15) is 0 Å². The molecule has 5 heteroatoms. The van der Waals surface area contributed by atoms with E-state index in [2.05, 4.69) is 45.6 Å². The Morgan fingerprint density at radius 3 is 2.71 bits per heavy atom. The van der Waals surface area contributed by atoms with Crippen molar-refractivity contribution in [2.24, 2.45) is 0 Å². The number of rotatable bonds is 3. The van der Waals surface area contributed by atoms with Gasteiger partial charge < -0.3 is 4.90 Å². The zero-order valence-electron chi connectivity index (χ0n) is 13.2. The number of aromatic amines is 1. The van der Waals surface area contributed by atoms with Crippen molar-refractivity contribution in [2.45, 2.75) is 12.3 Å². The van der Waals surface area contributed by atoms with Crippen LogP contribution in [0.4, 0.5) is 0 Å². The van der Waals surface area contributed by atoms with Gasteiger partial charge in [-0.15, -0.1) is 0 Å². The summed E-state index contributed by atoms with van der Waals surface area (Å²) in [4.78, 5) is 6.16. The quantitative estimate of drug-likeness (QED) is 0.752. The fraction of sp³-hybridized carbons (Fsp3) is 0.211. The highest BCUT2D eigenvalue weighted by Gasteiger charge is 2.25. The maximum absolute atomic E-state index is 8.99. The molecule has 1 aromatic carbocycles. The molecule has 0 saturated carbocycles. The van der Waals surface area contributed by atoms with E-state index in [-0.39, 0.29) is 0 Å². The third kappa shape index (κ3) is 2.74. The zero-order valence-corrected chi connectivity index (χ0v) is 13.2. The lowest BCUT2D eigenvalue weighted by atomic mass is 10.0. The van der Waals surface area contributed by atoms with E-state index in [1.165, 1.54) is 0 Å². The average Bonchev–Trinajstić information content (AvgIpc) is 3.32. The number of nitrogens with one attached hydrogen (secondary N) is 1. The summed E-state index contributed by atoms with van der Waals surface area (Å²) in [5.74, 6) is 0.319. The summed E-state index contributed by atoms with van der Waals surface area (Å²) in [5.41, 5.74) is 5.23. The summed E-state index contributed by atoms with van der Waals surface area (Å²) in [6, 6.07) is 14.4. The number of likely N-dealkylation sites (tertiary alicyclic amines) is 1. The molecule has 24 heavy (non-hydrogen) atoms. The minimum absolute atomic E-state index is 0.319. The summed E-state index contributed by atoms with van der Waals surface area (Å²) in [7, 11) is 0. The molecule has 0 spiro atoms. The van der Waals surface area contributed by atoms with Crippen LogP contribution < -0.4 is 0 Å². The molecule has 118 valence electrons. The van der Waals surface area contributed by atoms with Crippen LogP contribution in [-0.4, -0.2) is 33.2 Å². The predicted molar refractivity (Wildman–Crippen MR) is 91.8 cm³/mol. The van der Waals surface area contributed by atoms with Gasteiger partial charge in [0.2, 0.25) is 0 Å². The SMILES string of the molecule is N#CN1CCC(c2cc(-c3cncc(-c4ccccc4)c3)[nH]n2)C1. The molecular weight excluding hydrogens is 298 g/mol.